The summed E-state index contributed by atoms with van der Waals surface area (Å²) in [7, 11) is -3.45. The molecule has 4 nitrogen and oxygen atoms in total. The molecule has 0 aliphatic carbocycles. The molecule has 20 heavy (non-hydrogen) atoms. The molecule has 0 atom stereocenters. The molecule has 5 heteroatoms. The Kier molecular flexibility index (Phi) is 4.70. The van der Waals surface area contributed by atoms with Crippen LogP contribution in [0.5, 0.6) is 5.75 Å². The summed E-state index contributed by atoms with van der Waals surface area (Å²) < 4.78 is 32.7. The largest absolute Gasteiger partial charge is 0.492 e. The Bertz CT molecular complexity index is 575. The van der Waals surface area contributed by atoms with Gasteiger partial charge in [-0.1, -0.05) is 6.42 Å². The molecule has 1 aromatic rings. The second-order valence-corrected chi connectivity index (χ2v) is 7.19. The van der Waals surface area contributed by atoms with Gasteiger partial charge in [0.2, 0.25) is 10.0 Å². The lowest BCUT2D eigenvalue weighted by atomic mass is 10.1. The van der Waals surface area contributed by atoms with Gasteiger partial charge in [0, 0.05) is 13.1 Å². The molecule has 1 saturated heterocycles. The normalized spacial score (nSPS) is 17.1. The molecule has 0 radical (unpaired) electrons. The molecule has 0 spiro atoms. The monoisotopic (exact) mass is 297 g/mol. The van der Waals surface area contributed by atoms with Crippen molar-refractivity contribution >= 4 is 10.0 Å². The molecule has 112 valence electrons. The predicted octanol–water partition coefficient (Wildman–Crippen LogP) is 2.88. The number of hydrogen-bond donors (Lipinski definition) is 0. The van der Waals surface area contributed by atoms with E-state index in [-0.39, 0.29) is 0 Å². The number of hydrogen-bond acceptors (Lipinski definition) is 3. The third kappa shape index (κ3) is 2.99. The van der Waals surface area contributed by atoms with Crippen LogP contribution in [0, 0.1) is 13.8 Å². The van der Waals surface area contributed by atoms with Gasteiger partial charge in [-0.3, -0.25) is 0 Å². The van der Waals surface area contributed by atoms with Gasteiger partial charge < -0.3 is 4.74 Å². The summed E-state index contributed by atoms with van der Waals surface area (Å²) in [4.78, 5) is 0.310. The summed E-state index contributed by atoms with van der Waals surface area (Å²) in [5.74, 6) is 0.473. The molecule has 0 aromatic heterocycles. The smallest absolute Gasteiger partial charge is 0.246 e. The fourth-order valence-electron chi connectivity index (χ4n) is 2.48. The van der Waals surface area contributed by atoms with Gasteiger partial charge in [-0.15, -0.1) is 0 Å². The molecule has 0 saturated carbocycles. The molecular formula is C15H23NO3S. The highest BCUT2D eigenvalue weighted by Gasteiger charge is 2.29. The maximum Gasteiger partial charge on any atom is 0.246 e. The highest BCUT2D eigenvalue weighted by atomic mass is 32.2. The summed E-state index contributed by atoms with van der Waals surface area (Å²) in [5, 5.41) is 0. The van der Waals surface area contributed by atoms with Crippen molar-refractivity contribution in [3.05, 3.63) is 23.3 Å². The van der Waals surface area contributed by atoms with Crippen LogP contribution in [0.4, 0.5) is 0 Å². The van der Waals surface area contributed by atoms with Crippen LogP contribution in [-0.2, 0) is 10.0 Å². The first-order valence-electron chi connectivity index (χ1n) is 7.21. The van der Waals surface area contributed by atoms with E-state index in [1.54, 1.807) is 10.4 Å². The minimum atomic E-state index is -3.45. The Balaban J connectivity index is 2.46. The van der Waals surface area contributed by atoms with E-state index in [0.717, 1.165) is 30.4 Å². The zero-order valence-electron chi connectivity index (χ0n) is 12.5. The number of benzene rings is 1. The number of sulfonamides is 1. The first kappa shape index (κ1) is 15.3. The topological polar surface area (TPSA) is 46.6 Å². The average molecular weight is 297 g/mol. The zero-order chi connectivity index (χ0) is 14.8. The van der Waals surface area contributed by atoms with Crippen LogP contribution in [0.2, 0.25) is 0 Å². The molecule has 0 amide bonds. The number of ether oxygens (including phenoxy) is 1. The van der Waals surface area contributed by atoms with Crippen molar-refractivity contribution in [1.82, 2.24) is 4.31 Å². The van der Waals surface area contributed by atoms with Crippen molar-refractivity contribution in [3.63, 3.8) is 0 Å². The van der Waals surface area contributed by atoms with Crippen LogP contribution in [0.25, 0.3) is 0 Å². The number of rotatable bonds is 4. The summed E-state index contributed by atoms with van der Waals surface area (Å²) in [6.07, 6.45) is 2.99. The lowest BCUT2D eigenvalue weighted by Crippen LogP contribution is -2.35. The number of piperidine rings is 1. The minimum Gasteiger partial charge on any atom is -0.492 e. The quantitative estimate of drug-likeness (QED) is 0.858. The van der Waals surface area contributed by atoms with Crippen molar-refractivity contribution in [2.75, 3.05) is 19.7 Å². The average Bonchev–Trinajstić information content (AvgIpc) is 2.43. The second kappa shape index (κ2) is 6.14. The predicted molar refractivity (Wildman–Crippen MR) is 79.7 cm³/mol. The van der Waals surface area contributed by atoms with E-state index in [4.69, 9.17) is 4.74 Å². The lowest BCUT2D eigenvalue weighted by Gasteiger charge is -2.27. The van der Waals surface area contributed by atoms with Crippen molar-refractivity contribution in [2.24, 2.45) is 0 Å². The van der Waals surface area contributed by atoms with Gasteiger partial charge in [0.25, 0.3) is 0 Å². The summed E-state index contributed by atoms with van der Waals surface area (Å²) in [6, 6.07) is 3.57. The Hall–Kier alpha value is -1.07. The summed E-state index contributed by atoms with van der Waals surface area (Å²) >= 11 is 0. The second-order valence-electron chi connectivity index (χ2n) is 5.28. The van der Waals surface area contributed by atoms with E-state index in [1.807, 2.05) is 26.8 Å². The SMILES string of the molecule is CCOc1cc(C)c(C)cc1S(=O)(=O)N1CCCCC1. The Morgan fingerprint density at radius 2 is 1.70 bits per heavy atom. The Morgan fingerprint density at radius 1 is 1.10 bits per heavy atom. The van der Waals surface area contributed by atoms with Crippen molar-refractivity contribution in [2.45, 2.75) is 44.9 Å². The van der Waals surface area contributed by atoms with E-state index < -0.39 is 10.0 Å². The third-order valence-corrected chi connectivity index (χ3v) is 5.71. The molecule has 2 rings (SSSR count). The molecule has 0 unspecified atom stereocenters. The van der Waals surface area contributed by atoms with E-state index in [0.29, 0.717) is 30.3 Å². The molecule has 1 fully saturated rings. The van der Waals surface area contributed by atoms with Crippen LogP contribution < -0.4 is 4.74 Å². The first-order valence-corrected chi connectivity index (χ1v) is 8.65. The van der Waals surface area contributed by atoms with Crippen LogP contribution in [0.1, 0.15) is 37.3 Å². The maximum atomic E-state index is 12.8. The molecule has 0 N–H and O–H groups in total. The molecule has 1 heterocycles. The van der Waals surface area contributed by atoms with Gasteiger partial charge in [0.05, 0.1) is 6.61 Å². The fourth-order valence-corrected chi connectivity index (χ4v) is 4.19. The molecule has 1 aliphatic heterocycles. The van der Waals surface area contributed by atoms with Gasteiger partial charge in [0.1, 0.15) is 10.6 Å². The highest BCUT2D eigenvalue weighted by Crippen LogP contribution is 2.31. The van der Waals surface area contributed by atoms with Gasteiger partial charge in [-0.2, -0.15) is 4.31 Å². The van der Waals surface area contributed by atoms with Gasteiger partial charge in [0.15, 0.2) is 0 Å². The van der Waals surface area contributed by atoms with E-state index in [9.17, 15) is 8.42 Å². The molecule has 0 bridgehead atoms. The van der Waals surface area contributed by atoms with E-state index in [1.165, 1.54) is 0 Å². The van der Waals surface area contributed by atoms with Gasteiger partial charge in [-0.25, -0.2) is 8.42 Å². The van der Waals surface area contributed by atoms with Crippen molar-refractivity contribution in [1.29, 1.82) is 0 Å². The van der Waals surface area contributed by atoms with Crippen LogP contribution >= 0.6 is 0 Å². The third-order valence-electron chi connectivity index (χ3n) is 3.79. The summed E-state index contributed by atoms with van der Waals surface area (Å²) in [5.41, 5.74) is 2.02. The number of aryl methyl sites for hydroxylation is 2. The highest BCUT2D eigenvalue weighted by molar-refractivity contribution is 7.89. The minimum absolute atomic E-state index is 0.310. The van der Waals surface area contributed by atoms with E-state index >= 15 is 0 Å². The Labute approximate surface area is 121 Å². The number of nitrogens with zero attached hydrogens (tertiary/aromatic N) is 1. The van der Waals surface area contributed by atoms with Gasteiger partial charge in [-0.05, 0) is 56.9 Å². The van der Waals surface area contributed by atoms with Crippen molar-refractivity contribution in [3.8, 4) is 5.75 Å². The molecular weight excluding hydrogens is 274 g/mol. The van der Waals surface area contributed by atoms with Gasteiger partial charge >= 0.3 is 0 Å². The van der Waals surface area contributed by atoms with E-state index in [2.05, 4.69) is 0 Å². The fraction of sp³-hybridized carbons (Fsp3) is 0.600. The molecule has 1 aliphatic rings. The van der Waals surface area contributed by atoms with Crippen LogP contribution in [-0.4, -0.2) is 32.4 Å². The lowest BCUT2D eigenvalue weighted by molar-refractivity contribution is 0.322. The maximum absolute atomic E-state index is 12.8. The Morgan fingerprint density at radius 3 is 2.30 bits per heavy atom. The zero-order valence-corrected chi connectivity index (χ0v) is 13.3. The van der Waals surface area contributed by atoms with Crippen LogP contribution in [0.3, 0.4) is 0 Å². The summed E-state index contributed by atoms with van der Waals surface area (Å²) in [6.45, 7) is 7.45. The van der Waals surface area contributed by atoms with Crippen LogP contribution in [0.15, 0.2) is 17.0 Å². The standard InChI is InChI=1S/C15H23NO3S/c1-4-19-14-10-12(2)13(3)11-15(14)20(17,18)16-8-6-5-7-9-16/h10-11H,4-9H2,1-3H3. The van der Waals surface area contributed by atoms with Crippen molar-refractivity contribution < 1.29 is 13.2 Å². The molecule has 1 aromatic carbocycles. The first-order chi connectivity index (χ1) is 9.46.